The second kappa shape index (κ2) is 3.61. The number of benzene rings is 1. The van der Waals surface area contributed by atoms with Crippen LogP contribution in [-0.2, 0) is 3.07 Å². The molecule has 0 N–H and O–H groups in total. The standard InChI is InChI=1S/C8H7IO/c1-2-7-3-5-8(9-10)6-4-7/h2-6H,1H2. The molecule has 0 atom stereocenters. The molecule has 1 nitrogen and oxygen atoms in total. The van der Waals surface area contributed by atoms with E-state index in [2.05, 4.69) is 6.58 Å². The first-order chi connectivity index (χ1) is 4.86. The largest absolute Gasteiger partial charge is 0.265 e. The van der Waals surface area contributed by atoms with E-state index < -0.39 is 21.2 Å². The molecule has 10 heavy (non-hydrogen) atoms. The minimum atomic E-state index is -0.993. The Morgan fingerprint density at radius 2 is 1.90 bits per heavy atom. The third-order valence-electron chi connectivity index (χ3n) is 1.19. The van der Waals surface area contributed by atoms with Gasteiger partial charge < -0.3 is 0 Å². The molecule has 0 aromatic heterocycles. The molecule has 0 amide bonds. The maximum Gasteiger partial charge on any atom is 0.182 e. The Labute approximate surface area is 70.4 Å². The van der Waals surface area contributed by atoms with Gasteiger partial charge in [-0.15, -0.1) is 0 Å². The normalized spacial score (nSPS) is 9.20. The molecular formula is C8H7IO. The zero-order chi connectivity index (χ0) is 7.40. The van der Waals surface area contributed by atoms with Gasteiger partial charge in [-0.05, 0) is 17.7 Å². The first kappa shape index (κ1) is 7.60. The summed E-state index contributed by atoms with van der Waals surface area (Å²) in [5, 5.41) is 0. The van der Waals surface area contributed by atoms with Crippen LogP contribution in [0.2, 0.25) is 0 Å². The Kier molecular flexibility index (Phi) is 2.74. The molecule has 1 aromatic rings. The number of halogens is 1. The third-order valence-corrected chi connectivity index (χ3v) is 2.42. The fourth-order valence-electron chi connectivity index (χ4n) is 0.650. The predicted octanol–water partition coefficient (Wildman–Crippen LogP) is 2.82. The zero-order valence-corrected chi connectivity index (χ0v) is 7.54. The second-order valence-electron chi connectivity index (χ2n) is 1.83. The van der Waals surface area contributed by atoms with Crippen LogP contribution in [0.1, 0.15) is 5.56 Å². The van der Waals surface area contributed by atoms with Crippen molar-refractivity contribution < 1.29 is 3.07 Å². The van der Waals surface area contributed by atoms with Crippen LogP contribution in [0.3, 0.4) is 0 Å². The summed E-state index contributed by atoms with van der Waals surface area (Å²) in [6.07, 6.45) is 1.77. The number of hydrogen-bond acceptors (Lipinski definition) is 1. The summed E-state index contributed by atoms with van der Waals surface area (Å²) in [5.74, 6) is 0. The first-order valence-corrected chi connectivity index (χ1v) is 4.82. The topological polar surface area (TPSA) is 17.1 Å². The van der Waals surface area contributed by atoms with E-state index in [4.69, 9.17) is 0 Å². The van der Waals surface area contributed by atoms with Gasteiger partial charge in [0.2, 0.25) is 0 Å². The highest BCUT2D eigenvalue weighted by molar-refractivity contribution is 14.1. The molecule has 52 valence electrons. The van der Waals surface area contributed by atoms with Crippen molar-refractivity contribution in [1.29, 1.82) is 0 Å². The van der Waals surface area contributed by atoms with Crippen LogP contribution in [0.4, 0.5) is 0 Å². The van der Waals surface area contributed by atoms with Crippen LogP contribution in [0, 0.1) is 3.57 Å². The van der Waals surface area contributed by atoms with Crippen molar-refractivity contribution in [2.24, 2.45) is 0 Å². The summed E-state index contributed by atoms with van der Waals surface area (Å²) in [6, 6.07) is 7.58. The van der Waals surface area contributed by atoms with E-state index in [1.807, 2.05) is 24.3 Å². The minimum absolute atomic E-state index is 0.935. The van der Waals surface area contributed by atoms with E-state index in [0.29, 0.717) is 0 Å². The number of rotatable bonds is 2. The average molecular weight is 246 g/mol. The van der Waals surface area contributed by atoms with Gasteiger partial charge >= 0.3 is 0 Å². The van der Waals surface area contributed by atoms with Gasteiger partial charge in [-0.2, -0.15) is 0 Å². The quantitative estimate of drug-likeness (QED) is 0.733. The molecule has 0 saturated heterocycles. The average Bonchev–Trinajstić information content (AvgIpc) is 2.05. The van der Waals surface area contributed by atoms with Crippen LogP contribution >= 0.6 is 21.2 Å². The van der Waals surface area contributed by atoms with Crippen LogP contribution in [0.5, 0.6) is 0 Å². The number of hydrogen-bond donors (Lipinski definition) is 0. The van der Waals surface area contributed by atoms with Crippen LogP contribution < -0.4 is 0 Å². The fraction of sp³-hybridized carbons (Fsp3) is 0. The molecule has 0 aliphatic rings. The lowest BCUT2D eigenvalue weighted by molar-refractivity contribution is 0.648. The molecule has 0 unspecified atom stereocenters. The maximum absolute atomic E-state index is 10.4. The van der Waals surface area contributed by atoms with Gasteiger partial charge in [0, 0.05) is 3.57 Å². The van der Waals surface area contributed by atoms with E-state index in [-0.39, 0.29) is 0 Å². The van der Waals surface area contributed by atoms with Gasteiger partial charge in [0.15, 0.2) is 21.2 Å². The SMILES string of the molecule is C=Cc1ccc(I=O)cc1. The van der Waals surface area contributed by atoms with Gasteiger partial charge in [-0.1, -0.05) is 24.8 Å². The van der Waals surface area contributed by atoms with Crippen molar-refractivity contribution >= 4 is 27.3 Å². The van der Waals surface area contributed by atoms with Gasteiger partial charge in [-0.25, -0.2) is 0 Å². The maximum atomic E-state index is 10.4. The fourth-order valence-corrected chi connectivity index (χ4v) is 1.30. The molecule has 0 spiro atoms. The van der Waals surface area contributed by atoms with E-state index in [1.165, 1.54) is 0 Å². The van der Waals surface area contributed by atoms with Crippen molar-refractivity contribution in [3.63, 3.8) is 0 Å². The molecule has 1 aromatic carbocycles. The molecule has 2 heteroatoms. The molecule has 0 saturated carbocycles. The van der Waals surface area contributed by atoms with Crippen molar-refractivity contribution in [3.05, 3.63) is 40.0 Å². The molecular weight excluding hydrogens is 239 g/mol. The summed E-state index contributed by atoms with van der Waals surface area (Å²) >= 11 is -0.993. The van der Waals surface area contributed by atoms with E-state index in [9.17, 15) is 3.07 Å². The molecule has 0 radical (unpaired) electrons. The van der Waals surface area contributed by atoms with E-state index >= 15 is 0 Å². The summed E-state index contributed by atoms with van der Waals surface area (Å²) in [6.45, 7) is 3.62. The Bertz CT molecular complexity index is 211. The highest BCUT2D eigenvalue weighted by Gasteiger charge is 1.88. The Balaban J connectivity index is 3.00. The molecule has 0 bridgehead atoms. The smallest absolute Gasteiger partial charge is 0.182 e. The van der Waals surface area contributed by atoms with Gasteiger partial charge in [-0.3, -0.25) is 3.07 Å². The van der Waals surface area contributed by atoms with Gasteiger partial charge in [0.1, 0.15) is 0 Å². The van der Waals surface area contributed by atoms with E-state index in [0.717, 1.165) is 9.13 Å². The predicted molar refractivity (Wildman–Crippen MR) is 49.9 cm³/mol. The summed E-state index contributed by atoms with van der Waals surface area (Å²) in [7, 11) is 0. The Hall–Kier alpha value is -0.510. The Morgan fingerprint density at radius 1 is 1.30 bits per heavy atom. The highest BCUT2D eigenvalue weighted by Crippen LogP contribution is 2.10. The Morgan fingerprint density at radius 3 is 2.30 bits per heavy atom. The second-order valence-corrected chi connectivity index (χ2v) is 3.52. The lowest BCUT2D eigenvalue weighted by atomic mass is 10.2. The van der Waals surface area contributed by atoms with Crippen molar-refractivity contribution in [2.75, 3.05) is 0 Å². The molecule has 0 fully saturated rings. The molecule has 0 aliphatic carbocycles. The van der Waals surface area contributed by atoms with E-state index in [1.54, 1.807) is 6.08 Å². The summed E-state index contributed by atoms with van der Waals surface area (Å²) < 4.78 is 11.3. The van der Waals surface area contributed by atoms with Crippen molar-refractivity contribution in [3.8, 4) is 0 Å². The van der Waals surface area contributed by atoms with Crippen LogP contribution in [0.25, 0.3) is 6.08 Å². The lowest BCUT2D eigenvalue weighted by Gasteiger charge is -1.89. The molecule has 1 rings (SSSR count). The monoisotopic (exact) mass is 246 g/mol. The first-order valence-electron chi connectivity index (χ1n) is 2.86. The minimum Gasteiger partial charge on any atom is -0.265 e. The summed E-state index contributed by atoms with van der Waals surface area (Å²) in [5.41, 5.74) is 1.07. The third kappa shape index (κ3) is 1.73. The zero-order valence-electron chi connectivity index (χ0n) is 5.38. The van der Waals surface area contributed by atoms with Crippen molar-refractivity contribution in [2.45, 2.75) is 0 Å². The van der Waals surface area contributed by atoms with Crippen LogP contribution in [0.15, 0.2) is 30.8 Å². The van der Waals surface area contributed by atoms with Gasteiger partial charge in [0.25, 0.3) is 0 Å². The summed E-state index contributed by atoms with van der Waals surface area (Å²) in [4.78, 5) is 0. The van der Waals surface area contributed by atoms with Crippen molar-refractivity contribution in [1.82, 2.24) is 0 Å². The molecule has 0 aliphatic heterocycles. The highest BCUT2D eigenvalue weighted by atomic mass is 127. The lowest BCUT2D eigenvalue weighted by Crippen LogP contribution is -1.71. The molecule has 0 heterocycles. The van der Waals surface area contributed by atoms with Gasteiger partial charge in [0.05, 0.1) is 0 Å². The van der Waals surface area contributed by atoms with Crippen LogP contribution in [-0.4, -0.2) is 0 Å².